The number of rotatable bonds is 3. The van der Waals surface area contributed by atoms with Crippen LogP contribution in [0.15, 0.2) is 34.8 Å². The van der Waals surface area contributed by atoms with Gasteiger partial charge < -0.3 is 0 Å². The Hall–Kier alpha value is -2.03. The van der Waals surface area contributed by atoms with Crippen LogP contribution in [-0.4, -0.2) is 20.7 Å². The summed E-state index contributed by atoms with van der Waals surface area (Å²) >= 11 is 6.37. The molecule has 26 heavy (non-hydrogen) atoms. The second-order valence-electron chi connectivity index (χ2n) is 5.92. The highest BCUT2D eigenvalue weighted by molar-refractivity contribution is 9.10. The Balaban J connectivity index is 1.60. The van der Waals surface area contributed by atoms with E-state index in [1.807, 2.05) is 55.9 Å². The standard InChI is InChI=1S/C18H15BrN4OS2/c1-9-13-8-14(26-17(13)23(3)22-9)16(24)21-18-20-15(10(2)25-18)11-4-6-12(19)7-5-11/h4-8H,1-3H3,(H,20,21,24). The number of aromatic nitrogens is 3. The van der Waals surface area contributed by atoms with Crippen LogP contribution in [0.4, 0.5) is 5.13 Å². The molecule has 0 unspecified atom stereocenters. The first-order chi connectivity index (χ1) is 12.4. The number of nitrogens with zero attached hydrogens (tertiary/aromatic N) is 3. The van der Waals surface area contributed by atoms with Crippen molar-refractivity contribution < 1.29 is 4.79 Å². The minimum absolute atomic E-state index is 0.137. The number of carbonyl (C=O) groups is 1. The Labute approximate surface area is 166 Å². The van der Waals surface area contributed by atoms with Crippen LogP contribution in [-0.2, 0) is 7.05 Å². The zero-order chi connectivity index (χ0) is 18.4. The largest absolute Gasteiger partial charge is 0.297 e. The Morgan fingerprint density at radius 2 is 1.92 bits per heavy atom. The number of fused-ring (bicyclic) bond motifs is 1. The van der Waals surface area contributed by atoms with Gasteiger partial charge in [0.05, 0.1) is 16.3 Å². The van der Waals surface area contributed by atoms with Crippen LogP contribution in [0, 0.1) is 13.8 Å². The topological polar surface area (TPSA) is 59.8 Å². The molecule has 1 amide bonds. The molecular formula is C18H15BrN4OS2. The van der Waals surface area contributed by atoms with Crippen molar-refractivity contribution >= 4 is 59.9 Å². The second-order valence-corrected chi connectivity index (χ2v) is 9.07. The van der Waals surface area contributed by atoms with Crippen LogP contribution in [0.5, 0.6) is 0 Å². The molecule has 1 aromatic carbocycles. The molecule has 0 saturated heterocycles. The summed E-state index contributed by atoms with van der Waals surface area (Å²) in [6.45, 7) is 3.96. The van der Waals surface area contributed by atoms with Crippen molar-refractivity contribution in [3.05, 3.63) is 50.3 Å². The molecule has 4 rings (SSSR count). The van der Waals surface area contributed by atoms with E-state index in [0.717, 1.165) is 36.5 Å². The molecule has 5 nitrogen and oxygen atoms in total. The van der Waals surface area contributed by atoms with Gasteiger partial charge >= 0.3 is 0 Å². The monoisotopic (exact) mass is 446 g/mol. The normalized spacial score (nSPS) is 11.2. The molecule has 0 radical (unpaired) electrons. The fourth-order valence-electron chi connectivity index (χ4n) is 2.80. The highest BCUT2D eigenvalue weighted by Crippen LogP contribution is 2.32. The summed E-state index contributed by atoms with van der Waals surface area (Å²) in [5, 5.41) is 8.93. The van der Waals surface area contributed by atoms with Gasteiger partial charge in [0.2, 0.25) is 0 Å². The van der Waals surface area contributed by atoms with Crippen molar-refractivity contribution in [1.29, 1.82) is 0 Å². The summed E-state index contributed by atoms with van der Waals surface area (Å²) in [5.41, 5.74) is 2.86. The van der Waals surface area contributed by atoms with Gasteiger partial charge in [-0.05, 0) is 32.0 Å². The van der Waals surface area contributed by atoms with Gasteiger partial charge in [0.25, 0.3) is 5.91 Å². The lowest BCUT2D eigenvalue weighted by atomic mass is 10.1. The Morgan fingerprint density at radius 1 is 1.19 bits per heavy atom. The highest BCUT2D eigenvalue weighted by atomic mass is 79.9. The smallest absolute Gasteiger partial charge is 0.267 e. The third-order valence-electron chi connectivity index (χ3n) is 4.05. The SMILES string of the molecule is Cc1sc(NC(=O)c2cc3c(C)nn(C)c3s2)nc1-c1ccc(Br)cc1. The van der Waals surface area contributed by atoms with Gasteiger partial charge in [0, 0.05) is 27.3 Å². The lowest BCUT2D eigenvalue weighted by Crippen LogP contribution is -2.09. The summed E-state index contributed by atoms with van der Waals surface area (Å²) in [6.07, 6.45) is 0. The van der Waals surface area contributed by atoms with E-state index in [4.69, 9.17) is 0 Å². The van der Waals surface area contributed by atoms with E-state index >= 15 is 0 Å². The van der Waals surface area contributed by atoms with Gasteiger partial charge in [-0.2, -0.15) is 5.10 Å². The maximum absolute atomic E-state index is 12.6. The fraction of sp³-hybridized carbons (Fsp3) is 0.167. The number of hydrogen-bond acceptors (Lipinski definition) is 5. The summed E-state index contributed by atoms with van der Waals surface area (Å²) in [7, 11) is 1.89. The number of anilines is 1. The molecule has 1 N–H and O–H groups in total. The maximum Gasteiger partial charge on any atom is 0.267 e. The molecule has 0 fully saturated rings. The lowest BCUT2D eigenvalue weighted by molar-refractivity contribution is 0.103. The molecule has 0 spiro atoms. The number of carbonyl (C=O) groups excluding carboxylic acids is 1. The van der Waals surface area contributed by atoms with Gasteiger partial charge in [0.15, 0.2) is 5.13 Å². The van der Waals surface area contributed by atoms with Crippen molar-refractivity contribution in [2.75, 3.05) is 5.32 Å². The molecule has 0 atom stereocenters. The third-order valence-corrected chi connectivity index (χ3v) is 6.67. The number of thiophene rings is 1. The first-order valence-electron chi connectivity index (χ1n) is 7.90. The van der Waals surface area contributed by atoms with E-state index in [0.29, 0.717) is 10.0 Å². The van der Waals surface area contributed by atoms with Crippen LogP contribution in [0.25, 0.3) is 21.5 Å². The Kier molecular flexibility index (Phi) is 4.42. The summed E-state index contributed by atoms with van der Waals surface area (Å²) < 4.78 is 2.84. The van der Waals surface area contributed by atoms with Crippen molar-refractivity contribution in [1.82, 2.24) is 14.8 Å². The number of halogens is 1. The molecule has 0 bridgehead atoms. The first-order valence-corrected chi connectivity index (χ1v) is 10.3. The Bertz CT molecular complexity index is 1090. The molecule has 4 aromatic rings. The van der Waals surface area contributed by atoms with Gasteiger partial charge in [-0.25, -0.2) is 4.98 Å². The van der Waals surface area contributed by atoms with Crippen LogP contribution in [0.1, 0.15) is 20.2 Å². The molecule has 0 saturated carbocycles. The van der Waals surface area contributed by atoms with E-state index in [9.17, 15) is 4.79 Å². The minimum atomic E-state index is -0.137. The van der Waals surface area contributed by atoms with Crippen LogP contribution in [0.3, 0.4) is 0 Å². The Morgan fingerprint density at radius 3 is 2.62 bits per heavy atom. The lowest BCUT2D eigenvalue weighted by Gasteiger charge is -1.99. The van der Waals surface area contributed by atoms with Crippen LogP contribution < -0.4 is 5.32 Å². The maximum atomic E-state index is 12.6. The molecule has 8 heteroatoms. The number of amides is 1. The third kappa shape index (κ3) is 3.08. The fourth-order valence-corrected chi connectivity index (χ4v) is 4.91. The molecule has 3 heterocycles. The number of thiazole rings is 1. The van der Waals surface area contributed by atoms with E-state index in [-0.39, 0.29) is 5.91 Å². The predicted octanol–water partition coefficient (Wildman–Crippen LogP) is 5.39. The molecule has 3 aromatic heterocycles. The van der Waals surface area contributed by atoms with E-state index < -0.39 is 0 Å². The molecular weight excluding hydrogens is 432 g/mol. The molecule has 0 aliphatic carbocycles. The van der Waals surface area contributed by atoms with Gasteiger partial charge in [0.1, 0.15) is 4.83 Å². The number of aryl methyl sites for hydroxylation is 3. The zero-order valence-electron chi connectivity index (χ0n) is 14.3. The van der Waals surface area contributed by atoms with Crippen LogP contribution in [0.2, 0.25) is 0 Å². The summed E-state index contributed by atoms with van der Waals surface area (Å²) in [6, 6.07) is 9.90. The average Bonchev–Trinajstić information content (AvgIpc) is 3.25. The number of hydrogen-bond donors (Lipinski definition) is 1. The van der Waals surface area contributed by atoms with E-state index in [2.05, 4.69) is 31.3 Å². The van der Waals surface area contributed by atoms with Crippen molar-refractivity contribution in [3.8, 4) is 11.3 Å². The number of nitrogens with one attached hydrogen (secondary N) is 1. The first kappa shape index (κ1) is 17.4. The van der Waals surface area contributed by atoms with Crippen molar-refractivity contribution in [2.45, 2.75) is 13.8 Å². The average molecular weight is 447 g/mol. The summed E-state index contributed by atoms with van der Waals surface area (Å²) in [4.78, 5) is 20.0. The number of benzene rings is 1. The zero-order valence-corrected chi connectivity index (χ0v) is 17.6. The van der Waals surface area contributed by atoms with Gasteiger partial charge in [-0.15, -0.1) is 22.7 Å². The highest BCUT2D eigenvalue weighted by Gasteiger charge is 2.17. The van der Waals surface area contributed by atoms with E-state index in [1.165, 1.54) is 22.7 Å². The van der Waals surface area contributed by atoms with Crippen LogP contribution >= 0.6 is 38.6 Å². The second kappa shape index (κ2) is 6.61. The minimum Gasteiger partial charge on any atom is -0.297 e. The van der Waals surface area contributed by atoms with Crippen molar-refractivity contribution in [2.24, 2.45) is 7.05 Å². The summed E-state index contributed by atoms with van der Waals surface area (Å²) in [5.74, 6) is -0.137. The molecule has 0 aliphatic rings. The predicted molar refractivity (Wildman–Crippen MR) is 111 cm³/mol. The van der Waals surface area contributed by atoms with E-state index in [1.54, 1.807) is 0 Å². The quantitative estimate of drug-likeness (QED) is 0.458. The van der Waals surface area contributed by atoms with Gasteiger partial charge in [-0.1, -0.05) is 28.1 Å². The molecule has 132 valence electrons. The molecule has 0 aliphatic heterocycles. The van der Waals surface area contributed by atoms with Gasteiger partial charge in [-0.3, -0.25) is 14.8 Å². The van der Waals surface area contributed by atoms with Crippen molar-refractivity contribution in [3.63, 3.8) is 0 Å².